The second kappa shape index (κ2) is 5.64. The van der Waals surface area contributed by atoms with Crippen LogP contribution in [0.5, 0.6) is 0 Å². The van der Waals surface area contributed by atoms with Gasteiger partial charge in [-0.25, -0.2) is 0 Å². The van der Waals surface area contributed by atoms with Gasteiger partial charge in [0.25, 0.3) is 0 Å². The van der Waals surface area contributed by atoms with Crippen molar-refractivity contribution in [3.63, 3.8) is 0 Å². The number of hydrogen-bond acceptors (Lipinski definition) is 1. The van der Waals surface area contributed by atoms with Crippen molar-refractivity contribution in [1.29, 1.82) is 0 Å². The molecule has 1 rings (SSSR count). The van der Waals surface area contributed by atoms with Crippen LogP contribution in [0, 0.1) is 6.92 Å². The molecule has 1 heterocycles. The maximum atomic E-state index is 5.38. The van der Waals surface area contributed by atoms with Crippen LogP contribution in [0.25, 0.3) is 6.08 Å². The van der Waals surface area contributed by atoms with Gasteiger partial charge in [-0.15, -0.1) is 0 Å². The summed E-state index contributed by atoms with van der Waals surface area (Å²) in [5.74, 6) is 2.00. The topological polar surface area (TPSA) is 13.1 Å². The summed E-state index contributed by atoms with van der Waals surface area (Å²) in [6.45, 7) is 11.7. The van der Waals surface area contributed by atoms with Crippen LogP contribution in [-0.4, -0.2) is 0 Å². The van der Waals surface area contributed by atoms with Gasteiger partial charge in [0, 0.05) is 12.0 Å². The summed E-state index contributed by atoms with van der Waals surface area (Å²) in [7, 11) is 0. The van der Waals surface area contributed by atoms with E-state index in [4.69, 9.17) is 4.42 Å². The molecule has 0 aromatic carbocycles. The van der Waals surface area contributed by atoms with Crippen LogP contribution < -0.4 is 0 Å². The first-order valence-corrected chi connectivity index (χ1v) is 4.49. The third-order valence-corrected chi connectivity index (χ3v) is 1.51. The lowest BCUT2D eigenvalue weighted by Gasteiger charge is -1.89. The lowest BCUT2D eigenvalue weighted by molar-refractivity contribution is 0.488. The summed E-state index contributed by atoms with van der Waals surface area (Å²) in [6.07, 6.45) is 2.77. The number of furan rings is 1. The van der Waals surface area contributed by atoms with Crippen LogP contribution in [-0.2, 0) is 6.42 Å². The molecular weight excluding hydrogens is 148 g/mol. The predicted molar refractivity (Wildman–Crippen MR) is 54.3 cm³/mol. The number of aryl methyl sites for hydroxylation is 2. The Bertz CT molecular complexity index is 233. The molecule has 0 unspecified atom stereocenters. The fourth-order valence-electron chi connectivity index (χ4n) is 1.03. The first-order valence-electron chi connectivity index (χ1n) is 4.49. The third kappa shape index (κ3) is 2.57. The van der Waals surface area contributed by atoms with Gasteiger partial charge < -0.3 is 4.42 Å². The maximum Gasteiger partial charge on any atom is 0.111 e. The Morgan fingerprint density at radius 1 is 1.50 bits per heavy atom. The normalized spacial score (nSPS) is 8.67. The highest BCUT2D eigenvalue weighted by Gasteiger charge is 2.01. The molecule has 0 aliphatic rings. The Balaban J connectivity index is 0.000000561. The van der Waals surface area contributed by atoms with Crippen molar-refractivity contribution in [3.8, 4) is 0 Å². The van der Waals surface area contributed by atoms with Crippen molar-refractivity contribution < 1.29 is 4.42 Å². The smallest absolute Gasteiger partial charge is 0.111 e. The average Bonchev–Trinajstić information content (AvgIpc) is 2.49. The van der Waals surface area contributed by atoms with Crippen LogP contribution in [0.4, 0.5) is 0 Å². The van der Waals surface area contributed by atoms with Crippen LogP contribution >= 0.6 is 0 Å². The quantitative estimate of drug-likeness (QED) is 0.651. The summed E-state index contributed by atoms with van der Waals surface area (Å²) < 4.78 is 5.38. The van der Waals surface area contributed by atoms with E-state index in [0.29, 0.717) is 0 Å². The van der Waals surface area contributed by atoms with Gasteiger partial charge in [0.1, 0.15) is 11.5 Å². The highest BCUT2D eigenvalue weighted by atomic mass is 16.3. The van der Waals surface area contributed by atoms with Crippen molar-refractivity contribution >= 4 is 6.08 Å². The maximum absolute atomic E-state index is 5.38. The van der Waals surface area contributed by atoms with E-state index in [1.807, 2.05) is 32.9 Å². The van der Waals surface area contributed by atoms with Gasteiger partial charge in [-0.05, 0) is 13.0 Å². The molecule has 0 bridgehead atoms. The molecule has 0 atom stereocenters. The molecule has 0 fully saturated rings. The Hall–Kier alpha value is -0.980. The molecule has 0 aliphatic carbocycles. The Labute approximate surface area is 75.1 Å². The van der Waals surface area contributed by atoms with Crippen molar-refractivity contribution in [1.82, 2.24) is 0 Å². The lowest BCUT2D eigenvalue weighted by Crippen LogP contribution is -1.75. The van der Waals surface area contributed by atoms with Gasteiger partial charge in [0.15, 0.2) is 0 Å². The Morgan fingerprint density at radius 3 is 2.42 bits per heavy atom. The molecule has 0 saturated carbocycles. The first-order chi connectivity index (χ1) is 5.77. The molecule has 68 valence electrons. The largest absolute Gasteiger partial charge is 0.466 e. The summed E-state index contributed by atoms with van der Waals surface area (Å²) in [5, 5.41) is 0. The second-order valence-corrected chi connectivity index (χ2v) is 2.29. The summed E-state index contributed by atoms with van der Waals surface area (Å²) >= 11 is 0. The van der Waals surface area contributed by atoms with E-state index < -0.39 is 0 Å². The second-order valence-electron chi connectivity index (χ2n) is 2.29. The van der Waals surface area contributed by atoms with Crippen LogP contribution in [0.2, 0.25) is 0 Å². The minimum absolute atomic E-state index is 0.940. The molecule has 0 aliphatic heterocycles. The van der Waals surface area contributed by atoms with Gasteiger partial charge in [0.05, 0.1) is 0 Å². The third-order valence-electron chi connectivity index (χ3n) is 1.51. The van der Waals surface area contributed by atoms with E-state index in [-0.39, 0.29) is 0 Å². The minimum Gasteiger partial charge on any atom is -0.466 e. The van der Waals surface area contributed by atoms with Crippen molar-refractivity contribution in [2.24, 2.45) is 0 Å². The molecular formula is C11H18O. The summed E-state index contributed by atoms with van der Waals surface area (Å²) in [5.41, 5.74) is 1.12. The summed E-state index contributed by atoms with van der Waals surface area (Å²) in [4.78, 5) is 0. The van der Waals surface area contributed by atoms with Gasteiger partial charge in [-0.1, -0.05) is 33.4 Å². The van der Waals surface area contributed by atoms with E-state index in [2.05, 4.69) is 13.5 Å². The molecule has 1 aromatic heterocycles. The molecule has 0 N–H and O–H groups in total. The van der Waals surface area contributed by atoms with Crippen molar-refractivity contribution in [3.05, 3.63) is 29.7 Å². The van der Waals surface area contributed by atoms with Gasteiger partial charge >= 0.3 is 0 Å². The average molecular weight is 166 g/mol. The van der Waals surface area contributed by atoms with Crippen LogP contribution in [0.3, 0.4) is 0 Å². The molecule has 1 aromatic rings. The molecule has 1 heteroatoms. The molecule has 0 saturated heterocycles. The zero-order chi connectivity index (χ0) is 9.56. The fraction of sp³-hybridized carbons (Fsp3) is 0.455. The molecule has 1 nitrogen and oxygen atoms in total. The Kier molecular flexibility index (Phi) is 5.18. The highest BCUT2D eigenvalue weighted by Crippen LogP contribution is 2.15. The predicted octanol–water partition coefficient (Wildman–Crippen LogP) is 3.82. The van der Waals surface area contributed by atoms with Gasteiger partial charge in [-0.3, -0.25) is 0 Å². The van der Waals surface area contributed by atoms with Crippen LogP contribution in [0.1, 0.15) is 37.9 Å². The summed E-state index contributed by atoms with van der Waals surface area (Å²) in [6, 6.07) is 2.01. The standard InChI is InChI=1S/C9H12O.C2H6/c1-4-8-6-7(3)10-9(8)5-2;1-2/h4,6H,1,5H2,2-3H3;1-2H3. The Morgan fingerprint density at radius 2 is 2.08 bits per heavy atom. The number of rotatable bonds is 2. The van der Waals surface area contributed by atoms with Gasteiger partial charge in [-0.2, -0.15) is 0 Å². The van der Waals surface area contributed by atoms with Crippen molar-refractivity contribution in [2.45, 2.75) is 34.1 Å². The SMILES string of the molecule is C=Cc1cc(C)oc1CC.CC. The highest BCUT2D eigenvalue weighted by molar-refractivity contribution is 5.49. The number of hydrogen-bond donors (Lipinski definition) is 0. The monoisotopic (exact) mass is 166 g/mol. The van der Waals surface area contributed by atoms with Crippen LogP contribution in [0.15, 0.2) is 17.1 Å². The van der Waals surface area contributed by atoms with Crippen molar-refractivity contribution in [2.75, 3.05) is 0 Å². The lowest BCUT2D eigenvalue weighted by atomic mass is 10.2. The molecule has 0 spiro atoms. The van der Waals surface area contributed by atoms with E-state index in [1.165, 1.54) is 0 Å². The zero-order valence-corrected chi connectivity index (χ0v) is 8.48. The van der Waals surface area contributed by atoms with E-state index in [0.717, 1.165) is 23.5 Å². The minimum atomic E-state index is 0.940. The van der Waals surface area contributed by atoms with E-state index >= 15 is 0 Å². The fourth-order valence-corrected chi connectivity index (χ4v) is 1.03. The molecule has 0 amide bonds. The zero-order valence-electron chi connectivity index (χ0n) is 8.48. The van der Waals surface area contributed by atoms with E-state index in [9.17, 15) is 0 Å². The molecule has 0 radical (unpaired) electrons. The van der Waals surface area contributed by atoms with E-state index in [1.54, 1.807) is 0 Å². The van der Waals surface area contributed by atoms with Gasteiger partial charge in [0.2, 0.25) is 0 Å². The first kappa shape index (κ1) is 11.0. The molecule has 12 heavy (non-hydrogen) atoms.